The highest BCUT2D eigenvalue weighted by atomic mass is 19.1. The smallest absolute Gasteiger partial charge is 0.262 e. The third-order valence-corrected chi connectivity index (χ3v) is 5.80. The lowest BCUT2D eigenvalue weighted by Gasteiger charge is -2.36. The number of benzene rings is 2. The largest absolute Gasteiger partial charge is 0.331 e. The lowest BCUT2D eigenvalue weighted by Crippen LogP contribution is -2.46. The van der Waals surface area contributed by atoms with E-state index in [2.05, 4.69) is 0 Å². The first kappa shape index (κ1) is 20.7. The summed E-state index contributed by atoms with van der Waals surface area (Å²) < 4.78 is 15.0. The number of hydrogen-bond acceptors (Lipinski definition) is 4. The molecule has 31 heavy (non-hydrogen) atoms. The summed E-state index contributed by atoms with van der Waals surface area (Å²) in [6.45, 7) is 3.37. The van der Waals surface area contributed by atoms with Crippen LogP contribution >= 0.6 is 0 Å². The van der Waals surface area contributed by atoms with Crippen molar-refractivity contribution in [3.8, 4) is 6.07 Å². The van der Waals surface area contributed by atoms with Crippen molar-refractivity contribution in [2.45, 2.75) is 38.8 Å². The SMILES string of the molecule is CC(C)C(c1cccc(C#N)c1F)N(C(=O)CN1C(=O)c2ccccc2C1=O)C1CC1. The third kappa shape index (κ3) is 3.59. The van der Waals surface area contributed by atoms with E-state index in [-0.39, 0.29) is 34.2 Å². The van der Waals surface area contributed by atoms with Crippen LogP contribution in [-0.4, -0.2) is 40.1 Å². The van der Waals surface area contributed by atoms with Gasteiger partial charge < -0.3 is 4.90 Å². The first-order valence-electron chi connectivity index (χ1n) is 10.3. The lowest BCUT2D eigenvalue weighted by molar-refractivity contribution is -0.135. The van der Waals surface area contributed by atoms with Gasteiger partial charge in [0, 0.05) is 11.6 Å². The zero-order valence-electron chi connectivity index (χ0n) is 17.3. The molecule has 2 aromatic carbocycles. The summed E-state index contributed by atoms with van der Waals surface area (Å²) in [5.41, 5.74) is 0.765. The standard InChI is InChI=1S/C24H22FN3O3/c1-14(2)22(19-9-5-6-15(12-26)21(19)25)28(16-10-11-16)20(29)13-27-23(30)17-7-3-4-8-18(17)24(27)31/h3-9,14,16,22H,10-11,13H2,1-2H3. The van der Waals surface area contributed by atoms with Gasteiger partial charge in [0.1, 0.15) is 18.4 Å². The zero-order valence-corrected chi connectivity index (χ0v) is 17.3. The molecule has 0 N–H and O–H groups in total. The highest BCUT2D eigenvalue weighted by molar-refractivity contribution is 6.22. The van der Waals surface area contributed by atoms with Gasteiger partial charge in [0.05, 0.1) is 22.7 Å². The molecule has 0 radical (unpaired) electrons. The van der Waals surface area contributed by atoms with E-state index in [1.807, 2.05) is 19.9 Å². The molecule has 1 fully saturated rings. The number of nitrogens with zero attached hydrogens (tertiary/aromatic N) is 3. The first-order valence-corrected chi connectivity index (χ1v) is 10.3. The predicted molar refractivity (Wildman–Crippen MR) is 110 cm³/mol. The third-order valence-electron chi connectivity index (χ3n) is 5.80. The molecule has 1 heterocycles. The van der Waals surface area contributed by atoms with Gasteiger partial charge in [-0.15, -0.1) is 0 Å². The average Bonchev–Trinajstić information content (AvgIpc) is 3.56. The molecule has 6 nitrogen and oxygen atoms in total. The molecule has 0 spiro atoms. The van der Waals surface area contributed by atoms with Crippen LogP contribution in [0.5, 0.6) is 0 Å². The Bertz CT molecular complexity index is 1080. The summed E-state index contributed by atoms with van der Waals surface area (Å²) in [6, 6.07) is 12.2. The van der Waals surface area contributed by atoms with Crippen molar-refractivity contribution in [2.24, 2.45) is 5.92 Å². The molecular weight excluding hydrogens is 397 g/mol. The van der Waals surface area contributed by atoms with Crippen LogP contribution < -0.4 is 0 Å². The molecule has 158 valence electrons. The topological polar surface area (TPSA) is 81.5 Å². The Kier molecular flexibility index (Phi) is 5.32. The zero-order chi connectivity index (χ0) is 22.3. The Labute approximate surface area is 179 Å². The molecule has 1 aliphatic heterocycles. The van der Waals surface area contributed by atoms with Gasteiger partial charge in [0.25, 0.3) is 11.8 Å². The van der Waals surface area contributed by atoms with Gasteiger partial charge >= 0.3 is 0 Å². The van der Waals surface area contributed by atoms with E-state index >= 15 is 4.39 Å². The van der Waals surface area contributed by atoms with E-state index in [1.54, 1.807) is 41.3 Å². The number of imide groups is 1. The Morgan fingerprint density at radius 1 is 1.13 bits per heavy atom. The molecule has 4 rings (SSSR count). The molecule has 1 aliphatic carbocycles. The van der Waals surface area contributed by atoms with E-state index in [1.165, 1.54) is 6.07 Å². The number of amides is 3. The second kappa shape index (κ2) is 7.95. The second-order valence-corrected chi connectivity index (χ2v) is 8.28. The summed E-state index contributed by atoms with van der Waals surface area (Å²) in [4.78, 5) is 41.4. The quantitative estimate of drug-likeness (QED) is 0.669. The van der Waals surface area contributed by atoms with E-state index in [9.17, 15) is 19.6 Å². The van der Waals surface area contributed by atoms with Gasteiger partial charge in [-0.25, -0.2) is 4.39 Å². The molecule has 1 saturated carbocycles. The molecular formula is C24H22FN3O3. The van der Waals surface area contributed by atoms with Gasteiger partial charge in [0.15, 0.2) is 0 Å². The van der Waals surface area contributed by atoms with Crippen LogP contribution in [0.1, 0.15) is 64.6 Å². The van der Waals surface area contributed by atoms with Crippen molar-refractivity contribution in [1.82, 2.24) is 9.80 Å². The monoisotopic (exact) mass is 419 g/mol. The van der Waals surface area contributed by atoms with Gasteiger partial charge in [-0.1, -0.05) is 38.1 Å². The second-order valence-electron chi connectivity index (χ2n) is 8.28. The summed E-state index contributed by atoms with van der Waals surface area (Å²) in [5, 5.41) is 9.21. The summed E-state index contributed by atoms with van der Waals surface area (Å²) in [6.07, 6.45) is 1.55. The number of carbonyl (C=O) groups is 3. The van der Waals surface area contributed by atoms with E-state index in [0.29, 0.717) is 0 Å². The van der Waals surface area contributed by atoms with Gasteiger partial charge in [0.2, 0.25) is 5.91 Å². The fraction of sp³-hybridized carbons (Fsp3) is 0.333. The van der Waals surface area contributed by atoms with Crippen LogP contribution in [0.3, 0.4) is 0 Å². The van der Waals surface area contributed by atoms with E-state index in [4.69, 9.17) is 0 Å². The molecule has 0 aromatic heterocycles. The maximum atomic E-state index is 15.0. The van der Waals surface area contributed by atoms with Crippen molar-refractivity contribution >= 4 is 17.7 Å². The van der Waals surface area contributed by atoms with Crippen molar-refractivity contribution < 1.29 is 18.8 Å². The molecule has 0 saturated heterocycles. The van der Waals surface area contributed by atoms with Crippen LogP contribution in [0, 0.1) is 23.1 Å². The fourth-order valence-electron chi connectivity index (χ4n) is 4.23. The number of fused-ring (bicyclic) bond motifs is 1. The van der Waals surface area contributed by atoms with Crippen LogP contribution in [0.4, 0.5) is 4.39 Å². The minimum absolute atomic E-state index is 0.0771. The lowest BCUT2D eigenvalue weighted by atomic mass is 9.92. The Balaban J connectivity index is 1.66. The van der Waals surface area contributed by atoms with Crippen LogP contribution in [0.15, 0.2) is 42.5 Å². The van der Waals surface area contributed by atoms with Gasteiger partial charge in [-0.2, -0.15) is 5.26 Å². The van der Waals surface area contributed by atoms with Crippen LogP contribution in [0.2, 0.25) is 0 Å². The van der Waals surface area contributed by atoms with E-state index in [0.717, 1.165) is 17.7 Å². The maximum absolute atomic E-state index is 15.0. The van der Waals surface area contributed by atoms with Crippen molar-refractivity contribution in [2.75, 3.05) is 6.54 Å². The number of carbonyl (C=O) groups excluding carboxylic acids is 3. The van der Waals surface area contributed by atoms with Crippen molar-refractivity contribution in [3.63, 3.8) is 0 Å². The minimum Gasteiger partial charge on any atom is -0.331 e. The van der Waals surface area contributed by atoms with Crippen LogP contribution in [-0.2, 0) is 4.79 Å². The molecule has 1 unspecified atom stereocenters. The Morgan fingerprint density at radius 2 is 1.74 bits per heavy atom. The Morgan fingerprint density at radius 3 is 2.26 bits per heavy atom. The Hall–Kier alpha value is -3.53. The highest BCUT2D eigenvalue weighted by Gasteiger charge is 2.43. The number of hydrogen-bond donors (Lipinski definition) is 0. The molecule has 2 aliphatic rings. The molecule has 1 atom stereocenters. The van der Waals surface area contributed by atoms with Gasteiger partial charge in [-0.3, -0.25) is 19.3 Å². The molecule has 2 aromatic rings. The maximum Gasteiger partial charge on any atom is 0.262 e. The molecule has 0 bridgehead atoms. The minimum atomic E-state index is -0.636. The number of halogens is 1. The normalized spacial score (nSPS) is 16.3. The first-order chi connectivity index (χ1) is 14.8. The number of nitriles is 1. The molecule has 3 amide bonds. The van der Waals surface area contributed by atoms with E-state index < -0.39 is 36.1 Å². The molecule has 7 heteroatoms. The van der Waals surface area contributed by atoms with Crippen molar-refractivity contribution in [1.29, 1.82) is 5.26 Å². The number of rotatable bonds is 6. The average molecular weight is 419 g/mol. The van der Waals surface area contributed by atoms with Crippen molar-refractivity contribution in [3.05, 3.63) is 70.5 Å². The summed E-state index contributed by atoms with van der Waals surface area (Å²) in [7, 11) is 0. The summed E-state index contributed by atoms with van der Waals surface area (Å²) >= 11 is 0. The summed E-state index contributed by atoms with van der Waals surface area (Å²) in [5.74, 6) is -2.18. The predicted octanol–water partition coefficient (Wildman–Crippen LogP) is 3.68. The highest BCUT2D eigenvalue weighted by Crippen LogP contribution is 2.40. The van der Waals surface area contributed by atoms with Gasteiger partial charge in [-0.05, 0) is 37.0 Å². The fourth-order valence-corrected chi connectivity index (χ4v) is 4.23. The van der Waals surface area contributed by atoms with Crippen LogP contribution in [0.25, 0.3) is 0 Å².